The number of para-hydroxylation sites is 2. The molecule has 4 heterocycles. The fourth-order valence-corrected chi connectivity index (χ4v) is 7.44. The van der Waals surface area contributed by atoms with Crippen molar-refractivity contribution >= 4 is 75.4 Å². The van der Waals surface area contributed by atoms with E-state index in [1.165, 1.54) is 20.2 Å². The number of rotatable bonds is 3. The summed E-state index contributed by atoms with van der Waals surface area (Å²) in [5.41, 5.74) is 6.05. The van der Waals surface area contributed by atoms with Gasteiger partial charge in [-0.05, 0) is 66.7 Å². The van der Waals surface area contributed by atoms with Crippen molar-refractivity contribution in [2.45, 2.75) is 0 Å². The number of hydrogen-bond donors (Lipinski definition) is 0. The quantitative estimate of drug-likeness (QED) is 0.203. The van der Waals surface area contributed by atoms with Crippen LogP contribution in [0, 0.1) is 0 Å². The predicted octanol–water partition coefficient (Wildman–Crippen LogP) is 11.0. The normalized spacial score (nSPS) is 12.0. The van der Waals surface area contributed by atoms with Crippen LogP contribution in [0.3, 0.4) is 0 Å². The minimum Gasteiger partial charge on any atom is -0.456 e. The summed E-state index contributed by atoms with van der Waals surface area (Å²) in [4.78, 5) is 15.2. The van der Waals surface area contributed by atoms with E-state index in [0.29, 0.717) is 17.5 Å². The number of fused-ring (bicyclic) bond motifs is 9. The van der Waals surface area contributed by atoms with Crippen LogP contribution in [-0.2, 0) is 0 Å². The van der Waals surface area contributed by atoms with Crippen molar-refractivity contribution in [2.75, 3.05) is 0 Å². The highest BCUT2D eigenvalue weighted by Crippen LogP contribution is 2.38. The number of hydrogen-bond acceptors (Lipinski definition) is 6. The Kier molecular flexibility index (Phi) is 5.09. The Hall–Kier alpha value is -5.85. The maximum atomic E-state index is 6.22. The maximum absolute atomic E-state index is 6.22. The van der Waals surface area contributed by atoms with Crippen molar-refractivity contribution in [3.8, 4) is 34.2 Å². The van der Waals surface area contributed by atoms with Gasteiger partial charge in [-0.25, -0.2) is 15.0 Å². The van der Waals surface area contributed by atoms with Gasteiger partial charge in [0.15, 0.2) is 17.5 Å². The Bertz CT molecular complexity index is 2660. The van der Waals surface area contributed by atoms with Crippen LogP contribution in [-0.4, -0.2) is 15.0 Å². The average molecular weight is 596 g/mol. The molecular formula is C39H21N3O2S. The third kappa shape index (κ3) is 3.83. The van der Waals surface area contributed by atoms with E-state index in [9.17, 15) is 0 Å². The van der Waals surface area contributed by atoms with Crippen LogP contribution in [0.1, 0.15) is 0 Å². The molecule has 10 rings (SSSR count). The Labute approximate surface area is 260 Å². The molecular weight excluding hydrogens is 575 g/mol. The molecule has 0 N–H and O–H groups in total. The Morgan fingerprint density at radius 3 is 1.60 bits per heavy atom. The van der Waals surface area contributed by atoms with Gasteiger partial charge < -0.3 is 8.83 Å². The summed E-state index contributed by atoms with van der Waals surface area (Å²) in [5, 5.41) is 6.69. The van der Waals surface area contributed by atoms with Crippen LogP contribution in [0.4, 0.5) is 0 Å². The molecule has 0 spiro atoms. The van der Waals surface area contributed by atoms with Gasteiger partial charge in [0.2, 0.25) is 0 Å². The molecule has 6 aromatic carbocycles. The highest BCUT2D eigenvalue weighted by atomic mass is 32.1. The van der Waals surface area contributed by atoms with Crippen molar-refractivity contribution in [3.63, 3.8) is 0 Å². The molecule has 45 heavy (non-hydrogen) atoms. The van der Waals surface area contributed by atoms with E-state index in [1.54, 1.807) is 11.3 Å². The zero-order valence-corrected chi connectivity index (χ0v) is 24.5. The lowest BCUT2D eigenvalue weighted by Crippen LogP contribution is -2.00. The summed E-state index contributed by atoms with van der Waals surface area (Å²) in [5.74, 6) is 1.81. The van der Waals surface area contributed by atoms with Crippen molar-refractivity contribution in [2.24, 2.45) is 0 Å². The van der Waals surface area contributed by atoms with Crippen LogP contribution in [0.2, 0.25) is 0 Å². The van der Waals surface area contributed by atoms with Crippen molar-refractivity contribution < 1.29 is 8.83 Å². The first kappa shape index (κ1) is 24.6. The topological polar surface area (TPSA) is 65.0 Å². The number of benzene rings is 6. The van der Waals surface area contributed by atoms with E-state index >= 15 is 0 Å². The zero-order valence-electron chi connectivity index (χ0n) is 23.7. The van der Waals surface area contributed by atoms with Gasteiger partial charge in [-0.3, -0.25) is 0 Å². The van der Waals surface area contributed by atoms with Crippen molar-refractivity contribution in [3.05, 3.63) is 127 Å². The molecule has 0 saturated heterocycles. The summed E-state index contributed by atoms with van der Waals surface area (Å²) in [6.07, 6.45) is 0. The molecule has 0 saturated carbocycles. The van der Waals surface area contributed by atoms with E-state index in [0.717, 1.165) is 60.6 Å². The Morgan fingerprint density at radius 2 is 0.844 bits per heavy atom. The largest absolute Gasteiger partial charge is 0.456 e. The van der Waals surface area contributed by atoms with Gasteiger partial charge in [0.05, 0.1) is 0 Å². The van der Waals surface area contributed by atoms with Gasteiger partial charge in [-0.2, -0.15) is 0 Å². The molecule has 0 radical (unpaired) electrons. The highest BCUT2D eigenvalue weighted by molar-refractivity contribution is 7.25. The minimum atomic E-state index is 0.588. The first-order valence-corrected chi connectivity index (χ1v) is 15.6. The van der Waals surface area contributed by atoms with E-state index in [-0.39, 0.29) is 0 Å². The SMILES string of the molecule is c1ccc2c(c1)oc1cc(-c3nc(-c4ccc5oc6ccccc6c5c4)nc(-c4ccc5sc6ccccc6c5c4)n3)ccc12. The summed E-state index contributed by atoms with van der Waals surface area (Å²) < 4.78 is 14.8. The lowest BCUT2D eigenvalue weighted by atomic mass is 10.1. The molecule has 0 fully saturated rings. The second-order valence-corrected chi connectivity index (χ2v) is 12.3. The molecule has 0 aliphatic carbocycles. The van der Waals surface area contributed by atoms with Gasteiger partial charge in [0.25, 0.3) is 0 Å². The average Bonchev–Trinajstić information content (AvgIpc) is 3.78. The maximum Gasteiger partial charge on any atom is 0.164 e. The molecule has 5 nitrogen and oxygen atoms in total. The van der Waals surface area contributed by atoms with Crippen LogP contribution in [0.15, 0.2) is 136 Å². The van der Waals surface area contributed by atoms with E-state index in [4.69, 9.17) is 23.8 Å². The molecule has 210 valence electrons. The van der Waals surface area contributed by atoms with Crippen molar-refractivity contribution in [1.29, 1.82) is 0 Å². The van der Waals surface area contributed by atoms with Crippen LogP contribution in [0.25, 0.3) is 98.2 Å². The second-order valence-electron chi connectivity index (χ2n) is 11.2. The van der Waals surface area contributed by atoms with Crippen LogP contribution in [0.5, 0.6) is 0 Å². The third-order valence-electron chi connectivity index (χ3n) is 8.54. The number of nitrogens with zero attached hydrogens (tertiary/aromatic N) is 3. The summed E-state index contributed by atoms with van der Waals surface area (Å²) >= 11 is 1.80. The fraction of sp³-hybridized carbons (Fsp3) is 0. The highest BCUT2D eigenvalue weighted by Gasteiger charge is 2.17. The Morgan fingerprint density at radius 1 is 0.356 bits per heavy atom. The van der Waals surface area contributed by atoms with Crippen molar-refractivity contribution in [1.82, 2.24) is 15.0 Å². The minimum absolute atomic E-state index is 0.588. The smallest absolute Gasteiger partial charge is 0.164 e. The van der Waals surface area contributed by atoms with Crippen LogP contribution < -0.4 is 0 Å². The Balaban J connectivity index is 1.20. The molecule has 0 aliphatic heterocycles. The van der Waals surface area contributed by atoms with Gasteiger partial charge in [-0.1, -0.05) is 60.7 Å². The molecule has 0 unspecified atom stereocenters. The standard InChI is InChI=1S/C39H21N3O2S/c1-4-10-31-25(7-1)27-16-13-24(21-34(27)44-31)39-41-37(22-14-17-33-29(19-22)26-8-2-5-11-32(26)43-33)40-38(42-39)23-15-18-36-30(20-23)28-9-3-6-12-35(28)45-36/h1-21H. The molecule has 0 bridgehead atoms. The van der Waals surface area contributed by atoms with Gasteiger partial charge in [0, 0.05) is 58.4 Å². The molecule has 4 aromatic heterocycles. The number of furan rings is 2. The number of thiophene rings is 1. The fourth-order valence-electron chi connectivity index (χ4n) is 6.36. The molecule has 10 aromatic rings. The summed E-state index contributed by atoms with van der Waals surface area (Å²) in [6, 6.07) is 43.5. The lowest BCUT2D eigenvalue weighted by Gasteiger charge is -2.09. The van der Waals surface area contributed by atoms with Gasteiger partial charge in [0.1, 0.15) is 22.3 Å². The summed E-state index contributed by atoms with van der Waals surface area (Å²) in [7, 11) is 0. The molecule has 6 heteroatoms. The lowest BCUT2D eigenvalue weighted by molar-refractivity contribution is 0.668. The third-order valence-corrected chi connectivity index (χ3v) is 9.69. The summed E-state index contributed by atoms with van der Waals surface area (Å²) in [6.45, 7) is 0. The molecule has 0 amide bonds. The second kappa shape index (κ2) is 9.32. The molecule has 0 aliphatic rings. The van der Waals surface area contributed by atoms with E-state index < -0.39 is 0 Å². The number of aromatic nitrogens is 3. The zero-order chi connectivity index (χ0) is 29.5. The first-order chi connectivity index (χ1) is 22.2. The van der Waals surface area contributed by atoms with E-state index in [1.807, 2.05) is 54.6 Å². The van der Waals surface area contributed by atoms with Crippen LogP contribution >= 0.6 is 11.3 Å². The van der Waals surface area contributed by atoms with Gasteiger partial charge >= 0.3 is 0 Å². The molecule has 0 atom stereocenters. The first-order valence-electron chi connectivity index (χ1n) is 14.8. The van der Waals surface area contributed by atoms with Gasteiger partial charge in [-0.15, -0.1) is 11.3 Å². The predicted molar refractivity (Wildman–Crippen MR) is 184 cm³/mol. The monoisotopic (exact) mass is 595 g/mol. The van der Waals surface area contributed by atoms with E-state index in [2.05, 4.69) is 72.8 Å².